The summed E-state index contributed by atoms with van der Waals surface area (Å²) >= 11 is 6.42. The maximum Gasteiger partial charge on any atom is 0.336 e. The molecule has 0 bridgehead atoms. The fourth-order valence-corrected chi connectivity index (χ4v) is 3.38. The quantitative estimate of drug-likeness (QED) is 0.533. The van der Waals surface area contributed by atoms with E-state index in [0.717, 1.165) is 0 Å². The van der Waals surface area contributed by atoms with Crippen LogP contribution in [0.15, 0.2) is 46.8 Å². The third kappa shape index (κ3) is 5.17. The monoisotopic (exact) mass is 421 g/mol. The molecule has 2 rings (SSSR count). The lowest BCUT2D eigenvalue weighted by Gasteiger charge is -2.31. The summed E-state index contributed by atoms with van der Waals surface area (Å²) in [7, 11) is 0. The largest absolute Gasteiger partial charge is 0.463 e. The van der Waals surface area contributed by atoms with Crippen molar-refractivity contribution >= 4 is 29.5 Å². The Kier molecular flexibility index (Phi) is 7.84. The zero-order chi connectivity index (χ0) is 21.6. The summed E-state index contributed by atoms with van der Waals surface area (Å²) < 4.78 is 15.6. The van der Waals surface area contributed by atoms with Crippen LogP contribution in [0.5, 0.6) is 0 Å². The Morgan fingerprint density at radius 2 is 1.59 bits per heavy atom. The lowest BCUT2D eigenvalue weighted by Crippen LogP contribution is -2.35. The zero-order valence-corrected chi connectivity index (χ0v) is 17.6. The topological polar surface area (TPSA) is 90.9 Å². The van der Waals surface area contributed by atoms with Crippen molar-refractivity contribution in [3.8, 4) is 0 Å². The van der Waals surface area contributed by atoms with E-state index in [2.05, 4.69) is 5.32 Å². The van der Waals surface area contributed by atoms with Crippen LogP contribution < -0.4 is 5.32 Å². The molecule has 0 radical (unpaired) electrons. The maximum absolute atomic E-state index is 12.9. The molecule has 1 heterocycles. The van der Waals surface area contributed by atoms with Gasteiger partial charge in [-0.3, -0.25) is 4.79 Å². The van der Waals surface area contributed by atoms with Crippen LogP contribution in [0.4, 0.5) is 0 Å². The van der Waals surface area contributed by atoms with Crippen LogP contribution in [-0.4, -0.2) is 37.7 Å². The molecule has 29 heavy (non-hydrogen) atoms. The second-order valence-electron chi connectivity index (χ2n) is 6.23. The highest BCUT2D eigenvalue weighted by Gasteiger charge is 2.40. The number of halogens is 1. The van der Waals surface area contributed by atoms with Gasteiger partial charge >= 0.3 is 17.9 Å². The van der Waals surface area contributed by atoms with Gasteiger partial charge in [0.1, 0.15) is 6.61 Å². The minimum Gasteiger partial charge on any atom is -0.463 e. The van der Waals surface area contributed by atoms with Crippen molar-refractivity contribution in [1.29, 1.82) is 0 Å². The van der Waals surface area contributed by atoms with Gasteiger partial charge in [0.05, 0.1) is 36.0 Å². The van der Waals surface area contributed by atoms with Gasteiger partial charge in [0, 0.05) is 17.6 Å². The van der Waals surface area contributed by atoms with Crippen molar-refractivity contribution in [2.75, 3.05) is 19.8 Å². The van der Waals surface area contributed by atoms with Crippen molar-refractivity contribution in [3.05, 3.63) is 57.4 Å². The number of carbonyl (C=O) groups is 3. The van der Waals surface area contributed by atoms with Crippen molar-refractivity contribution in [2.24, 2.45) is 0 Å². The van der Waals surface area contributed by atoms with E-state index in [1.807, 2.05) is 0 Å². The average Bonchev–Trinajstić information content (AvgIpc) is 2.66. The van der Waals surface area contributed by atoms with Gasteiger partial charge in [-0.25, -0.2) is 9.59 Å². The molecule has 8 heteroatoms. The van der Waals surface area contributed by atoms with Crippen molar-refractivity contribution in [1.82, 2.24) is 5.32 Å². The lowest BCUT2D eigenvalue weighted by molar-refractivity contribution is -0.142. The number of hydrogen-bond acceptors (Lipinski definition) is 7. The first-order valence-corrected chi connectivity index (χ1v) is 9.62. The maximum atomic E-state index is 12.9. The summed E-state index contributed by atoms with van der Waals surface area (Å²) in [4.78, 5) is 37.0. The number of ether oxygens (including phenoxy) is 3. The first kappa shape index (κ1) is 22.5. The molecule has 0 saturated carbocycles. The van der Waals surface area contributed by atoms with Crippen LogP contribution in [0.25, 0.3) is 0 Å². The minimum atomic E-state index is -0.839. The molecule has 0 saturated heterocycles. The summed E-state index contributed by atoms with van der Waals surface area (Å²) in [6.45, 7) is 6.45. The Morgan fingerprint density at radius 3 is 2.14 bits per heavy atom. The number of hydrogen-bond donors (Lipinski definition) is 1. The summed E-state index contributed by atoms with van der Waals surface area (Å²) in [6, 6.07) is 6.91. The second kappa shape index (κ2) is 10.1. The molecular weight excluding hydrogens is 398 g/mol. The standard InChI is InChI=1S/C21H24ClNO6/c1-5-27-20(25)17-12(3)23-16(11-29-13(4)24)19(21(26)28-6-2)18(17)14-9-7-8-10-15(14)22/h7-10,18,23H,5-6,11H2,1-4H3. The van der Waals surface area contributed by atoms with E-state index >= 15 is 0 Å². The Labute approximate surface area is 174 Å². The summed E-state index contributed by atoms with van der Waals surface area (Å²) in [5.41, 5.74) is 1.74. The molecule has 1 aromatic carbocycles. The van der Waals surface area contributed by atoms with E-state index in [9.17, 15) is 14.4 Å². The summed E-state index contributed by atoms with van der Waals surface area (Å²) in [5.74, 6) is -2.56. The molecule has 1 unspecified atom stereocenters. The van der Waals surface area contributed by atoms with Gasteiger partial charge in [-0.15, -0.1) is 0 Å². The molecule has 1 atom stereocenters. The highest BCUT2D eigenvalue weighted by molar-refractivity contribution is 6.31. The molecule has 1 N–H and O–H groups in total. The number of rotatable bonds is 7. The Balaban J connectivity index is 2.72. The van der Waals surface area contributed by atoms with Crippen LogP contribution >= 0.6 is 11.6 Å². The molecule has 0 aliphatic carbocycles. The predicted molar refractivity (Wildman–Crippen MR) is 107 cm³/mol. The van der Waals surface area contributed by atoms with E-state index < -0.39 is 23.8 Å². The van der Waals surface area contributed by atoms with Crippen LogP contribution in [0.3, 0.4) is 0 Å². The number of dihydropyridines is 1. The summed E-state index contributed by atoms with van der Waals surface area (Å²) in [6.07, 6.45) is 0. The van der Waals surface area contributed by atoms with Crippen molar-refractivity contribution in [3.63, 3.8) is 0 Å². The molecule has 0 spiro atoms. The Morgan fingerprint density at radius 1 is 1.00 bits per heavy atom. The van der Waals surface area contributed by atoms with Gasteiger partial charge in [-0.05, 0) is 32.4 Å². The molecule has 1 aliphatic rings. The van der Waals surface area contributed by atoms with E-state index in [4.69, 9.17) is 25.8 Å². The number of allylic oxidation sites excluding steroid dienone is 1. The first-order valence-electron chi connectivity index (χ1n) is 9.24. The molecule has 1 aliphatic heterocycles. The molecule has 0 aromatic heterocycles. The van der Waals surface area contributed by atoms with Gasteiger partial charge < -0.3 is 19.5 Å². The van der Waals surface area contributed by atoms with E-state index in [-0.39, 0.29) is 31.0 Å². The molecule has 0 fully saturated rings. The summed E-state index contributed by atoms with van der Waals surface area (Å²) in [5, 5.41) is 3.38. The second-order valence-corrected chi connectivity index (χ2v) is 6.64. The highest BCUT2D eigenvalue weighted by atomic mass is 35.5. The van der Waals surface area contributed by atoms with E-state index in [1.165, 1.54) is 6.92 Å². The fraction of sp³-hybridized carbons (Fsp3) is 0.381. The van der Waals surface area contributed by atoms with Crippen LogP contribution in [-0.2, 0) is 28.6 Å². The third-order valence-corrected chi connectivity index (χ3v) is 4.62. The molecule has 1 aromatic rings. The van der Waals surface area contributed by atoms with Gasteiger partial charge in [-0.1, -0.05) is 29.8 Å². The van der Waals surface area contributed by atoms with E-state index in [0.29, 0.717) is 22.0 Å². The van der Waals surface area contributed by atoms with E-state index in [1.54, 1.807) is 45.0 Å². The molecule has 0 amide bonds. The number of carbonyl (C=O) groups excluding carboxylic acids is 3. The highest BCUT2D eigenvalue weighted by Crippen LogP contribution is 2.41. The van der Waals surface area contributed by atoms with Crippen LogP contribution in [0, 0.1) is 0 Å². The smallest absolute Gasteiger partial charge is 0.336 e. The number of nitrogens with one attached hydrogen (secondary N) is 1. The average molecular weight is 422 g/mol. The molecule has 7 nitrogen and oxygen atoms in total. The van der Waals surface area contributed by atoms with Gasteiger partial charge in [-0.2, -0.15) is 0 Å². The van der Waals surface area contributed by atoms with Crippen LogP contribution in [0.2, 0.25) is 5.02 Å². The minimum absolute atomic E-state index is 0.135. The van der Waals surface area contributed by atoms with Crippen molar-refractivity contribution in [2.45, 2.75) is 33.6 Å². The SMILES string of the molecule is CCOC(=O)C1=C(C)NC(COC(C)=O)=C(C(=O)OCC)C1c1ccccc1Cl. The predicted octanol–water partition coefficient (Wildman–Crippen LogP) is 3.24. The third-order valence-electron chi connectivity index (χ3n) is 4.27. The molecule has 156 valence electrons. The Hall–Kier alpha value is -2.80. The zero-order valence-electron chi connectivity index (χ0n) is 16.8. The van der Waals surface area contributed by atoms with Gasteiger partial charge in [0.15, 0.2) is 0 Å². The first-order chi connectivity index (χ1) is 13.8. The van der Waals surface area contributed by atoms with Crippen LogP contribution in [0.1, 0.15) is 39.2 Å². The van der Waals surface area contributed by atoms with Gasteiger partial charge in [0.2, 0.25) is 0 Å². The number of esters is 3. The van der Waals surface area contributed by atoms with Gasteiger partial charge in [0.25, 0.3) is 0 Å². The molecular formula is C21H24ClNO6. The lowest BCUT2D eigenvalue weighted by atomic mass is 9.80. The fourth-order valence-electron chi connectivity index (χ4n) is 3.13. The number of benzene rings is 1. The normalized spacial score (nSPS) is 16.2. The Bertz CT molecular complexity index is 874. The van der Waals surface area contributed by atoms with Crippen molar-refractivity contribution < 1.29 is 28.6 Å².